The van der Waals surface area contributed by atoms with Crippen molar-refractivity contribution in [3.8, 4) is 5.75 Å². The van der Waals surface area contributed by atoms with Gasteiger partial charge in [0.05, 0.1) is 24.8 Å². The molecule has 3 aromatic carbocycles. The van der Waals surface area contributed by atoms with Gasteiger partial charge in [-0.3, -0.25) is 0 Å². The van der Waals surface area contributed by atoms with Gasteiger partial charge >= 0.3 is 0 Å². The molecule has 0 fully saturated rings. The number of anilines is 2. The van der Waals surface area contributed by atoms with E-state index in [0.29, 0.717) is 12.5 Å². The summed E-state index contributed by atoms with van der Waals surface area (Å²) >= 11 is 0. The second kappa shape index (κ2) is 9.45. The molecule has 1 aromatic heterocycles. The highest BCUT2D eigenvalue weighted by Crippen LogP contribution is 2.25. The Morgan fingerprint density at radius 1 is 0.903 bits per heavy atom. The minimum atomic E-state index is -0.674. The molecule has 0 unspecified atom stereocenters. The summed E-state index contributed by atoms with van der Waals surface area (Å²) in [5.74, 6) is 2.04. The first-order valence-corrected chi connectivity index (χ1v) is 10.3. The molecule has 0 saturated carbocycles. The van der Waals surface area contributed by atoms with Crippen molar-refractivity contribution in [3.05, 3.63) is 90.0 Å². The molecule has 0 aliphatic heterocycles. The summed E-state index contributed by atoms with van der Waals surface area (Å²) in [4.78, 5) is 9.34. The van der Waals surface area contributed by atoms with E-state index < -0.39 is 6.10 Å². The highest BCUT2D eigenvalue weighted by atomic mass is 16.5. The molecule has 1 heterocycles. The molecule has 4 aromatic rings. The summed E-state index contributed by atoms with van der Waals surface area (Å²) < 4.78 is 5.22. The quantitative estimate of drug-likeness (QED) is 0.385. The zero-order valence-corrected chi connectivity index (χ0v) is 17.6. The number of nitrogens with zero attached hydrogens (tertiary/aromatic N) is 2. The average Bonchev–Trinajstić information content (AvgIpc) is 2.83. The fourth-order valence-corrected chi connectivity index (χ4v) is 3.43. The van der Waals surface area contributed by atoms with E-state index in [9.17, 15) is 5.11 Å². The zero-order valence-electron chi connectivity index (χ0n) is 17.6. The lowest BCUT2D eigenvalue weighted by Gasteiger charge is -2.21. The minimum Gasteiger partial charge on any atom is -0.497 e. The maximum atomic E-state index is 10.7. The first-order chi connectivity index (χ1) is 15.1. The van der Waals surface area contributed by atoms with Crippen molar-refractivity contribution in [2.45, 2.75) is 25.6 Å². The number of nitrogens with one attached hydrogen (secondary N) is 2. The zero-order chi connectivity index (χ0) is 21.6. The Morgan fingerprint density at radius 2 is 1.61 bits per heavy atom. The predicted molar refractivity (Wildman–Crippen MR) is 124 cm³/mol. The predicted octanol–water partition coefficient (Wildman–Crippen LogP) is 4.78. The highest BCUT2D eigenvalue weighted by molar-refractivity contribution is 5.90. The van der Waals surface area contributed by atoms with E-state index in [-0.39, 0.29) is 6.04 Å². The van der Waals surface area contributed by atoms with Gasteiger partial charge in [0.1, 0.15) is 11.6 Å². The van der Waals surface area contributed by atoms with Gasteiger partial charge in [0, 0.05) is 11.9 Å². The fraction of sp³-hybridized carbons (Fsp3) is 0.200. The van der Waals surface area contributed by atoms with E-state index in [0.717, 1.165) is 33.6 Å². The largest absolute Gasteiger partial charge is 0.497 e. The van der Waals surface area contributed by atoms with Crippen molar-refractivity contribution in [1.82, 2.24) is 9.97 Å². The molecule has 3 N–H and O–H groups in total. The summed E-state index contributed by atoms with van der Waals surface area (Å²) in [7, 11) is 1.66. The molecule has 31 heavy (non-hydrogen) atoms. The summed E-state index contributed by atoms with van der Waals surface area (Å²) in [6.45, 7) is 2.54. The molecular weight excluding hydrogens is 388 g/mol. The van der Waals surface area contributed by atoms with Crippen molar-refractivity contribution in [2.24, 2.45) is 0 Å². The van der Waals surface area contributed by atoms with Gasteiger partial charge in [-0.15, -0.1) is 0 Å². The van der Waals surface area contributed by atoms with Crippen LogP contribution in [-0.2, 0) is 6.54 Å². The molecule has 2 atom stereocenters. The van der Waals surface area contributed by atoms with Crippen LogP contribution in [0.15, 0.2) is 78.9 Å². The minimum absolute atomic E-state index is 0.266. The molecule has 0 bridgehead atoms. The third kappa shape index (κ3) is 4.92. The van der Waals surface area contributed by atoms with Gasteiger partial charge in [-0.05, 0) is 42.3 Å². The van der Waals surface area contributed by atoms with Crippen LogP contribution in [0.2, 0.25) is 0 Å². The lowest BCUT2D eigenvalue weighted by Crippen LogP contribution is -2.25. The van der Waals surface area contributed by atoms with Crippen molar-refractivity contribution in [3.63, 3.8) is 0 Å². The molecule has 0 spiro atoms. The van der Waals surface area contributed by atoms with Gasteiger partial charge in [0.25, 0.3) is 0 Å². The Hall–Kier alpha value is -3.64. The number of aliphatic hydroxyl groups is 1. The van der Waals surface area contributed by atoms with Gasteiger partial charge in [0.2, 0.25) is 5.95 Å². The second-order valence-corrected chi connectivity index (χ2v) is 7.40. The number of hydrogen-bond acceptors (Lipinski definition) is 6. The van der Waals surface area contributed by atoms with Crippen LogP contribution in [0.1, 0.15) is 24.2 Å². The van der Waals surface area contributed by atoms with Crippen molar-refractivity contribution >= 4 is 22.7 Å². The molecule has 0 amide bonds. The number of benzene rings is 3. The van der Waals surface area contributed by atoms with Crippen LogP contribution in [0, 0.1) is 0 Å². The highest BCUT2D eigenvalue weighted by Gasteiger charge is 2.18. The number of para-hydroxylation sites is 1. The molecule has 0 saturated heterocycles. The maximum absolute atomic E-state index is 10.7. The Labute approximate surface area is 181 Å². The fourth-order valence-electron chi connectivity index (χ4n) is 3.43. The Bertz CT molecular complexity index is 1130. The number of hydrogen-bond donors (Lipinski definition) is 3. The van der Waals surface area contributed by atoms with Crippen LogP contribution < -0.4 is 15.4 Å². The maximum Gasteiger partial charge on any atom is 0.225 e. The monoisotopic (exact) mass is 414 g/mol. The van der Waals surface area contributed by atoms with Crippen LogP contribution in [0.3, 0.4) is 0 Å². The van der Waals surface area contributed by atoms with E-state index in [1.165, 1.54) is 0 Å². The SMILES string of the molecule is COc1ccc(CNc2nc(N[C@@H](C)[C@H](O)c3ccccc3)nc3ccccc23)cc1. The number of fused-ring (bicyclic) bond motifs is 1. The molecule has 4 rings (SSSR count). The van der Waals surface area contributed by atoms with E-state index >= 15 is 0 Å². The number of ether oxygens (including phenoxy) is 1. The van der Waals surface area contributed by atoms with Gasteiger partial charge < -0.3 is 20.5 Å². The molecule has 0 aliphatic rings. The Morgan fingerprint density at radius 3 is 2.35 bits per heavy atom. The van der Waals surface area contributed by atoms with Gasteiger partial charge in [0.15, 0.2) is 0 Å². The smallest absolute Gasteiger partial charge is 0.225 e. The van der Waals surface area contributed by atoms with Crippen molar-refractivity contribution in [1.29, 1.82) is 0 Å². The average molecular weight is 415 g/mol. The third-order valence-corrected chi connectivity index (χ3v) is 5.19. The number of aliphatic hydroxyl groups excluding tert-OH is 1. The first kappa shape index (κ1) is 20.6. The molecule has 0 radical (unpaired) electrons. The Kier molecular flexibility index (Phi) is 6.29. The lowest BCUT2D eigenvalue weighted by molar-refractivity contribution is 0.160. The normalized spacial score (nSPS) is 12.9. The van der Waals surface area contributed by atoms with Gasteiger partial charge in [-0.25, -0.2) is 4.98 Å². The Balaban J connectivity index is 1.55. The molecule has 0 aliphatic carbocycles. The number of aromatic nitrogens is 2. The first-order valence-electron chi connectivity index (χ1n) is 10.3. The molecule has 6 nitrogen and oxygen atoms in total. The summed E-state index contributed by atoms with van der Waals surface area (Å²) in [5.41, 5.74) is 2.80. The lowest BCUT2D eigenvalue weighted by atomic mass is 10.0. The molecule has 158 valence electrons. The van der Waals surface area contributed by atoms with Gasteiger partial charge in [-0.1, -0.05) is 54.6 Å². The molecular formula is C25H26N4O2. The van der Waals surface area contributed by atoms with Crippen LogP contribution in [0.4, 0.5) is 11.8 Å². The summed E-state index contributed by atoms with van der Waals surface area (Å²) in [5, 5.41) is 18.3. The number of methoxy groups -OCH3 is 1. The van der Waals surface area contributed by atoms with Crippen LogP contribution in [-0.4, -0.2) is 28.2 Å². The van der Waals surface area contributed by atoms with E-state index in [1.54, 1.807) is 7.11 Å². The van der Waals surface area contributed by atoms with Crippen LogP contribution >= 0.6 is 0 Å². The van der Waals surface area contributed by atoms with E-state index in [1.807, 2.05) is 85.8 Å². The summed E-state index contributed by atoms with van der Waals surface area (Å²) in [6.07, 6.45) is -0.674. The molecule has 6 heteroatoms. The standard InChI is InChI=1S/C25H26N4O2/c1-17(23(30)19-8-4-3-5-9-19)27-25-28-22-11-7-6-10-21(22)24(29-25)26-16-18-12-14-20(31-2)15-13-18/h3-15,17,23,30H,16H2,1-2H3,(H2,26,27,28,29)/t17-,23-/m0/s1. The van der Waals surface area contributed by atoms with Crippen LogP contribution in [0.5, 0.6) is 5.75 Å². The summed E-state index contributed by atoms with van der Waals surface area (Å²) in [6, 6.07) is 25.1. The van der Waals surface area contributed by atoms with E-state index in [4.69, 9.17) is 9.72 Å². The van der Waals surface area contributed by atoms with Gasteiger partial charge in [-0.2, -0.15) is 4.98 Å². The third-order valence-electron chi connectivity index (χ3n) is 5.19. The second-order valence-electron chi connectivity index (χ2n) is 7.40. The van der Waals surface area contributed by atoms with E-state index in [2.05, 4.69) is 15.6 Å². The van der Waals surface area contributed by atoms with Crippen molar-refractivity contribution in [2.75, 3.05) is 17.7 Å². The van der Waals surface area contributed by atoms with Crippen LogP contribution in [0.25, 0.3) is 10.9 Å². The number of rotatable bonds is 8. The topological polar surface area (TPSA) is 79.3 Å². The van der Waals surface area contributed by atoms with Crippen molar-refractivity contribution < 1.29 is 9.84 Å².